The first-order chi connectivity index (χ1) is 9.74. The van der Waals surface area contributed by atoms with Crippen LogP contribution in [0, 0.1) is 0 Å². The second kappa shape index (κ2) is 5.25. The largest absolute Gasteiger partial charge is 0.508 e. The summed E-state index contributed by atoms with van der Waals surface area (Å²) in [4.78, 5) is 12.5. The molecule has 0 amide bonds. The Morgan fingerprint density at radius 3 is 2.75 bits per heavy atom. The highest BCUT2D eigenvalue weighted by Crippen LogP contribution is 2.29. The maximum absolute atomic E-state index is 12.5. The number of rotatable bonds is 2. The number of ether oxygens (including phenoxy) is 2. The molecule has 0 saturated heterocycles. The average molecular weight is 270 g/mol. The second-order valence-corrected chi connectivity index (χ2v) is 4.60. The summed E-state index contributed by atoms with van der Waals surface area (Å²) in [7, 11) is 0. The van der Waals surface area contributed by atoms with Crippen LogP contribution in [0.5, 0.6) is 17.2 Å². The molecule has 102 valence electrons. The number of ketones is 1. The number of phenols is 1. The molecule has 0 aromatic heterocycles. The third-order valence-corrected chi connectivity index (χ3v) is 3.18. The molecule has 0 radical (unpaired) electrons. The molecule has 4 nitrogen and oxygen atoms in total. The SMILES string of the molecule is O=C1c2cc(O)ccc2OCCC1Oc1ccccc1. The number of Topliss-reactive ketones (excluding diaryl/α,β-unsaturated/α-hetero) is 1. The van der Waals surface area contributed by atoms with Crippen molar-refractivity contribution in [1.82, 2.24) is 0 Å². The summed E-state index contributed by atoms with van der Waals surface area (Å²) in [5, 5.41) is 9.53. The van der Waals surface area contributed by atoms with E-state index >= 15 is 0 Å². The Morgan fingerprint density at radius 2 is 1.95 bits per heavy atom. The van der Waals surface area contributed by atoms with Crippen molar-refractivity contribution in [2.75, 3.05) is 6.61 Å². The van der Waals surface area contributed by atoms with Crippen LogP contribution in [0.4, 0.5) is 0 Å². The molecule has 0 saturated carbocycles. The van der Waals surface area contributed by atoms with E-state index in [1.165, 1.54) is 12.1 Å². The van der Waals surface area contributed by atoms with Gasteiger partial charge < -0.3 is 14.6 Å². The molecule has 0 fully saturated rings. The van der Waals surface area contributed by atoms with Gasteiger partial charge in [0.1, 0.15) is 17.2 Å². The van der Waals surface area contributed by atoms with Gasteiger partial charge in [-0.3, -0.25) is 4.79 Å². The van der Waals surface area contributed by atoms with Gasteiger partial charge >= 0.3 is 0 Å². The molecule has 4 heteroatoms. The molecule has 0 aliphatic carbocycles. The number of carbonyl (C=O) groups is 1. The number of hydrogen-bond acceptors (Lipinski definition) is 4. The van der Waals surface area contributed by atoms with E-state index in [0.29, 0.717) is 30.1 Å². The van der Waals surface area contributed by atoms with E-state index in [0.717, 1.165) is 0 Å². The fraction of sp³-hybridized carbons (Fsp3) is 0.188. The third kappa shape index (κ3) is 2.45. The van der Waals surface area contributed by atoms with Crippen molar-refractivity contribution in [2.24, 2.45) is 0 Å². The molecule has 0 spiro atoms. The summed E-state index contributed by atoms with van der Waals surface area (Å²) >= 11 is 0. The maximum atomic E-state index is 12.5. The van der Waals surface area contributed by atoms with Crippen LogP contribution in [0.3, 0.4) is 0 Å². The van der Waals surface area contributed by atoms with E-state index in [1.54, 1.807) is 6.07 Å². The minimum absolute atomic E-state index is 0.0426. The van der Waals surface area contributed by atoms with E-state index in [9.17, 15) is 9.90 Å². The molecule has 1 heterocycles. The lowest BCUT2D eigenvalue weighted by Crippen LogP contribution is -2.27. The fourth-order valence-electron chi connectivity index (χ4n) is 2.19. The van der Waals surface area contributed by atoms with Crippen molar-refractivity contribution in [2.45, 2.75) is 12.5 Å². The van der Waals surface area contributed by atoms with Gasteiger partial charge in [0.15, 0.2) is 6.10 Å². The Kier molecular flexibility index (Phi) is 3.29. The summed E-state index contributed by atoms with van der Waals surface area (Å²) in [5.41, 5.74) is 0.364. The number of fused-ring (bicyclic) bond motifs is 1. The number of benzene rings is 2. The van der Waals surface area contributed by atoms with Crippen molar-refractivity contribution < 1.29 is 19.4 Å². The van der Waals surface area contributed by atoms with Gasteiger partial charge in [0, 0.05) is 6.42 Å². The molecule has 1 N–H and O–H groups in total. The highest BCUT2D eigenvalue weighted by Gasteiger charge is 2.28. The fourth-order valence-corrected chi connectivity index (χ4v) is 2.19. The van der Waals surface area contributed by atoms with Crippen LogP contribution in [0.2, 0.25) is 0 Å². The Morgan fingerprint density at radius 1 is 1.15 bits per heavy atom. The van der Waals surface area contributed by atoms with Gasteiger partial charge in [-0.05, 0) is 30.3 Å². The Labute approximate surface area is 116 Å². The number of para-hydroxylation sites is 1. The normalized spacial score (nSPS) is 17.8. The van der Waals surface area contributed by atoms with Gasteiger partial charge in [-0.2, -0.15) is 0 Å². The molecule has 1 aliphatic rings. The van der Waals surface area contributed by atoms with Crippen molar-refractivity contribution in [3.63, 3.8) is 0 Å². The lowest BCUT2D eigenvalue weighted by Gasteiger charge is -2.15. The van der Waals surface area contributed by atoms with Gasteiger partial charge in [0.25, 0.3) is 0 Å². The number of aromatic hydroxyl groups is 1. The molecule has 20 heavy (non-hydrogen) atoms. The molecule has 2 aromatic rings. The first kappa shape index (κ1) is 12.5. The Hall–Kier alpha value is -2.49. The van der Waals surface area contributed by atoms with Gasteiger partial charge in [-0.25, -0.2) is 0 Å². The van der Waals surface area contributed by atoms with Crippen molar-refractivity contribution in [1.29, 1.82) is 0 Å². The monoisotopic (exact) mass is 270 g/mol. The van der Waals surface area contributed by atoms with E-state index in [-0.39, 0.29) is 11.5 Å². The highest BCUT2D eigenvalue weighted by atomic mass is 16.5. The smallest absolute Gasteiger partial charge is 0.207 e. The minimum atomic E-state index is -0.597. The predicted octanol–water partition coefficient (Wildman–Crippen LogP) is 2.81. The zero-order valence-corrected chi connectivity index (χ0v) is 10.8. The van der Waals surface area contributed by atoms with Crippen LogP contribution in [0.15, 0.2) is 48.5 Å². The van der Waals surface area contributed by atoms with Crippen LogP contribution in [-0.2, 0) is 0 Å². The van der Waals surface area contributed by atoms with Crippen LogP contribution < -0.4 is 9.47 Å². The van der Waals surface area contributed by atoms with Crippen LogP contribution in [-0.4, -0.2) is 23.6 Å². The molecule has 2 aromatic carbocycles. The zero-order valence-electron chi connectivity index (χ0n) is 10.8. The number of hydrogen-bond donors (Lipinski definition) is 1. The topological polar surface area (TPSA) is 55.8 Å². The lowest BCUT2D eigenvalue weighted by atomic mass is 10.0. The van der Waals surface area contributed by atoms with E-state index in [1.807, 2.05) is 30.3 Å². The van der Waals surface area contributed by atoms with Gasteiger partial charge in [-0.15, -0.1) is 0 Å². The van der Waals surface area contributed by atoms with E-state index in [4.69, 9.17) is 9.47 Å². The number of phenolic OH excluding ortho intramolecular Hbond substituents is 1. The van der Waals surface area contributed by atoms with Crippen molar-refractivity contribution in [3.05, 3.63) is 54.1 Å². The first-order valence-corrected chi connectivity index (χ1v) is 6.46. The zero-order chi connectivity index (χ0) is 13.9. The number of carbonyl (C=O) groups excluding carboxylic acids is 1. The molecular weight excluding hydrogens is 256 g/mol. The highest BCUT2D eigenvalue weighted by molar-refractivity contribution is 6.02. The van der Waals surface area contributed by atoms with E-state index in [2.05, 4.69) is 0 Å². The molecule has 0 bridgehead atoms. The summed E-state index contributed by atoms with van der Waals surface area (Å²) < 4.78 is 11.3. The molecule has 1 unspecified atom stereocenters. The molecule has 1 aliphatic heterocycles. The van der Waals surface area contributed by atoms with Gasteiger partial charge in [-0.1, -0.05) is 18.2 Å². The van der Waals surface area contributed by atoms with E-state index < -0.39 is 6.10 Å². The third-order valence-electron chi connectivity index (χ3n) is 3.18. The lowest BCUT2D eigenvalue weighted by molar-refractivity contribution is 0.0775. The first-order valence-electron chi connectivity index (χ1n) is 6.46. The minimum Gasteiger partial charge on any atom is -0.508 e. The Bertz CT molecular complexity index is 622. The maximum Gasteiger partial charge on any atom is 0.207 e. The molecule has 1 atom stereocenters. The predicted molar refractivity (Wildman–Crippen MR) is 73.4 cm³/mol. The quantitative estimate of drug-likeness (QED) is 0.911. The summed E-state index contributed by atoms with van der Waals surface area (Å²) in [6.45, 7) is 0.404. The van der Waals surface area contributed by atoms with Gasteiger partial charge in [0.05, 0.1) is 12.2 Å². The van der Waals surface area contributed by atoms with Gasteiger partial charge in [0.2, 0.25) is 5.78 Å². The standard InChI is InChI=1S/C16H14O4/c17-11-6-7-14-13(10-11)16(18)15(8-9-19-14)20-12-4-2-1-3-5-12/h1-7,10,15,17H,8-9H2. The summed E-state index contributed by atoms with van der Waals surface area (Å²) in [6.07, 6.45) is -0.121. The molecule has 3 rings (SSSR count). The summed E-state index contributed by atoms with van der Waals surface area (Å²) in [6, 6.07) is 13.7. The van der Waals surface area contributed by atoms with Crippen molar-refractivity contribution >= 4 is 5.78 Å². The van der Waals surface area contributed by atoms with Crippen molar-refractivity contribution in [3.8, 4) is 17.2 Å². The second-order valence-electron chi connectivity index (χ2n) is 4.60. The summed E-state index contributed by atoms with van der Waals surface area (Å²) in [5.74, 6) is 1.01. The van der Waals surface area contributed by atoms with Crippen LogP contribution in [0.25, 0.3) is 0 Å². The van der Waals surface area contributed by atoms with Crippen LogP contribution in [0.1, 0.15) is 16.8 Å². The Balaban J connectivity index is 1.89. The average Bonchev–Trinajstić information content (AvgIpc) is 2.61. The van der Waals surface area contributed by atoms with Crippen LogP contribution >= 0.6 is 0 Å². The molecular formula is C16H14O4.